The molecule has 0 aliphatic carbocycles. The Bertz CT molecular complexity index is 226. The van der Waals surface area contributed by atoms with E-state index in [2.05, 4.69) is 21.7 Å². The van der Waals surface area contributed by atoms with Crippen LogP contribution in [0.25, 0.3) is 0 Å². The Hall–Kier alpha value is -0.550. The number of aromatic nitrogens is 2. The molecule has 0 amide bonds. The van der Waals surface area contributed by atoms with Gasteiger partial charge >= 0.3 is 0 Å². The van der Waals surface area contributed by atoms with E-state index in [1.807, 2.05) is 18.7 Å². The zero-order chi connectivity index (χ0) is 8.81. The number of aryl methyl sites for hydroxylation is 1. The van der Waals surface area contributed by atoms with E-state index >= 15 is 0 Å². The minimum atomic E-state index is 0.661. The van der Waals surface area contributed by atoms with Crippen LogP contribution in [0.1, 0.15) is 11.7 Å². The van der Waals surface area contributed by atoms with Gasteiger partial charge in [0.25, 0.3) is 0 Å². The highest BCUT2D eigenvalue weighted by molar-refractivity contribution is 7.98. The van der Waals surface area contributed by atoms with Crippen LogP contribution >= 0.6 is 11.8 Å². The zero-order valence-corrected chi connectivity index (χ0v) is 8.15. The van der Waals surface area contributed by atoms with Crippen molar-refractivity contribution in [2.45, 2.75) is 13.5 Å². The lowest BCUT2D eigenvalue weighted by molar-refractivity contribution is 0.366. The van der Waals surface area contributed by atoms with E-state index < -0.39 is 0 Å². The first kappa shape index (κ1) is 9.54. The van der Waals surface area contributed by atoms with E-state index in [4.69, 9.17) is 4.52 Å². The molecule has 5 heteroatoms. The summed E-state index contributed by atoms with van der Waals surface area (Å²) in [6.45, 7) is 3.46. The average molecular weight is 187 g/mol. The fourth-order valence-corrected chi connectivity index (χ4v) is 1.13. The summed E-state index contributed by atoms with van der Waals surface area (Å²) >= 11 is 1.81. The quantitative estimate of drug-likeness (QED) is 0.692. The summed E-state index contributed by atoms with van der Waals surface area (Å²) < 4.78 is 4.91. The van der Waals surface area contributed by atoms with Gasteiger partial charge < -0.3 is 9.84 Å². The third kappa shape index (κ3) is 3.23. The predicted octanol–water partition coefficient (Wildman–Crippen LogP) is 0.831. The maximum absolute atomic E-state index is 4.91. The van der Waals surface area contributed by atoms with Crippen LogP contribution < -0.4 is 5.32 Å². The van der Waals surface area contributed by atoms with Crippen LogP contribution in [0.15, 0.2) is 4.52 Å². The SMILES string of the molecule is CSCCNCc1nc(C)no1. The maximum Gasteiger partial charge on any atom is 0.240 e. The summed E-state index contributed by atoms with van der Waals surface area (Å²) in [6.07, 6.45) is 2.08. The molecule has 0 fully saturated rings. The van der Waals surface area contributed by atoms with E-state index in [9.17, 15) is 0 Å². The molecule has 0 saturated heterocycles. The molecule has 0 unspecified atom stereocenters. The lowest BCUT2D eigenvalue weighted by atomic mass is 10.6. The molecule has 0 aliphatic heterocycles. The van der Waals surface area contributed by atoms with Gasteiger partial charge in [0.1, 0.15) is 0 Å². The maximum atomic E-state index is 4.91. The minimum absolute atomic E-state index is 0.661. The van der Waals surface area contributed by atoms with Crippen molar-refractivity contribution in [1.29, 1.82) is 0 Å². The molecule has 1 heterocycles. The molecule has 12 heavy (non-hydrogen) atoms. The van der Waals surface area contributed by atoms with Gasteiger partial charge in [-0.1, -0.05) is 5.16 Å². The van der Waals surface area contributed by atoms with Crippen LogP contribution in [0.3, 0.4) is 0 Å². The molecule has 1 aromatic heterocycles. The summed E-state index contributed by atoms with van der Waals surface area (Å²) in [7, 11) is 0. The fourth-order valence-electron chi connectivity index (χ4n) is 0.781. The van der Waals surface area contributed by atoms with E-state index in [-0.39, 0.29) is 0 Å². The van der Waals surface area contributed by atoms with Gasteiger partial charge in [0.2, 0.25) is 5.89 Å². The van der Waals surface area contributed by atoms with Gasteiger partial charge in [-0.15, -0.1) is 0 Å². The number of thioether (sulfide) groups is 1. The predicted molar refractivity (Wildman–Crippen MR) is 49.1 cm³/mol. The van der Waals surface area contributed by atoms with Gasteiger partial charge in [-0.25, -0.2) is 0 Å². The number of hydrogen-bond acceptors (Lipinski definition) is 5. The molecule has 0 saturated carbocycles. The topological polar surface area (TPSA) is 51.0 Å². The van der Waals surface area contributed by atoms with Crippen molar-refractivity contribution in [3.05, 3.63) is 11.7 Å². The van der Waals surface area contributed by atoms with Crippen LogP contribution in [-0.2, 0) is 6.54 Å². The summed E-state index contributed by atoms with van der Waals surface area (Å²) in [5, 5.41) is 6.88. The summed E-state index contributed by atoms with van der Waals surface area (Å²) in [4.78, 5) is 4.06. The number of hydrogen-bond donors (Lipinski definition) is 1. The molecule has 0 atom stereocenters. The Morgan fingerprint density at radius 1 is 1.58 bits per heavy atom. The smallest absolute Gasteiger partial charge is 0.240 e. The van der Waals surface area contributed by atoms with Crippen LogP contribution in [-0.4, -0.2) is 28.7 Å². The van der Waals surface area contributed by atoms with Gasteiger partial charge in [-0.05, 0) is 13.2 Å². The highest BCUT2D eigenvalue weighted by Gasteiger charge is 1.99. The third-order valence-electron chi connectivity index (χ3n) is 1.33. The van der Waals surface area contributed by atoms with Crippen LogP contribution in [0.4, 0.5) is 0 Å². The first-order chi connectivity index (χ1) is 5.83. The summed E-state index contributed by atoms with van der Waals surface area (Å²) in [6, 6.07) is 0. The first-order valence-electron chi connectivity index (χ1n) is 3.82. The monoisotopic (exact) mass is 187 g/mol. The Morgan fingerprint density at radius 3 is 3.00 bits per heavy atom. The normalized spacial score (nSPS) is 10.5. The Balaban J connectivity index is 2.15. The second-order valence-corrected chi connectivity index (χ2v) is 3.39. The van der Waals surface area contributed by atoms with Crippen molar-refractivity contribution in [2.24, 2.45) is 0 Å². The average Bonchev–Trinajstić information content (AvgIpc) is 2.45. The Morgan fingerprint density at radius 2 is 2.42 bits per heavy atom. The molecule has 1 aromatic rings. The molecule has 0 spiro atoms. The fraction of sp³-hybridized carbons (Fsp3) is 0.714. The van der Waals surface area contributed by atoms with E-state index in [1.54, 1.807) is 0 Å². The number of rotatable bonds is 5. The van der Waals surface area contributed by atoms with Crippen molar-refractivity contribution in [3.63, 3.8) is 0 Å². The van der Waals surface area contributed by atoms with Crippen molar-refractivity contribution >= 4 is 11.8 Å². The number of nitrogens with zero attached hydrogens (tertiary/aromatic N) is 2. The lowest BCUT2D eigenvalue weighted by Crippen LogP contribution is -2.16. The molecular weight excluding hydrogens is 174 g/mol. The molecule has 4 nitrogen and oxygen atoms in total. The Kier molecular flexibility index (Phi) is 4.10. The van der Waals surface area contributed by atoms with E-state index in [1.165, 1.54) is 0 Å². The molecule has 0 aliphatic rings. The molecule has 68 valence electrons. The molecule has 1 rings (SSSR count). The molecule has 0 bridgehead atoms. The van der Waals surface area contributed by atoms with Crippen molar-refractivity contribution in [3.8, 4) is 0 Å². The van der Waals surface area contributed by atoms with Crippen molar-refractivity contribution in [1.82, 2.24) is 15.5 Å². The van der Waals surface area contributed by atoms with Crippen LogP contribution in [0.5, 0.6) is 0 Å². The van der Waals surface area contributed by atoms with Crippen molar-refractivity contribution in [2.75, 3.05) is 18.6 Å². The van der Waals surface area contributed by atoms with Gasteiger partial charge in [-0.3, -0.25) is 0 Å². The van der Waals surface area contributed by atoms with Gasteiger partial charge in [0, 0.05) is 12.3 Å². The van der Waals surface area contributed by atoms with Crippen LogP contribution in [0, 0.1) is 6.92 Å². The van der Waals surface area contributed by atoms with Gasteiger partial charge in [0.05, 0.1) is 6.54 Å². The third-order valence-corrected chi connectivity index (χ3v) is 1.94. The second kappa shape index (κ2) is 5.16. The van der Waals surface area contributed by atoms with Crippen molar-refractivity contribution < 1.29 is 4.52 Å². The van der Waals surface area contributed by atoms with Crippen LogP contribution in [0.2, 0.25) is 0 Å². The zero-order valence-electron chi connectivity index (χ0n) is 7.33. The highest BCUT2D eigenvalue weighted by Crippen LogP contribution is 1.94. The molecule has 0 aromatic carbocycles. The number of nitrogens with one attached hydrogen (secondary N) is 1. The van der Waals surface area contributed by atoms with E-state index in [0.717, 1.165) is 12.3 Å². The standard InChI is InChI=1S/C7H13N3OS/c1-6-9-7(11-10-6)5-8-3-4-12-2/h8H,3-5H2,1-2H3. The first-order valence-corrected chi connectivity index (χ1v) is 5.21. The van der Waals surface area contributed by atoms with Gasteiger partial charge in [0.15, 0.2) is 5.82 Å². The lowest BCUT2D eigenvalue weighted by Gasteiger charge is -1.97. The molecular formula is C7H13N3OS. The second-order valence-electron chi connectivity index (χ2n) is 2.40. The van der Waals surface area contributed by atoms with E-state index in [0.29, 0.717) is 18.3 Å². The van der Waals surface area contributed by atoms with Gasteiger partial charge in [-0.2, -0.15) is 16.7 Å². The molecule has 1 N–H and O–H groups in total. The highest BCUT2D eigenvalue weighted by atomic mass is 32.2. The Labute approximate surface area is 76.1 Å². The molecule has 0 radical (unpaired) electrons. The summed E-state index contributed by atoms with van der Waals surface area (Å²) in [5.41, 5.74) is 0. The summed E-state index contributed by atoms with van der Waals surface area (Å²) in [5.74, 6) is 2.46. The minimum Gasteiger partial charge on any atom is -0.338 e. The largest absolute Gasteiger partial charge is 0.338 e.